The first-order valence-corrected chi connectivity index (χ1v) is 8.92. The van der Waals surface area contributed by atoms with Gasteiger partial charge in [-0.05, 0) is 49.7 Å². The number of nitrogens with zero attached hydrogens (tertiary/aromatic N) is 1. The van der Waals surface area contributed by atoms with E-state index in [1.165, 1.54) is 0 Å². The Kier molecular flexibility index (Phi) is 6.31. The molecule has 2 heterocycles. The van der Waals surface area contributed by atoms with Gasteiger partial charge in [-0.25, -0.2) is 4.98 Å². The van der Waals surface area contributed by atoms with Crippen LogP contribution >= 0.6 is 12.4 Å². The van der Waals surface area contributed by atoms with Crippen LogP contribution in [0.1, 0.15) is 18.4 Å². The van der Waals surface area contributed by atoms with Crippen molar-refractivity contribution >= 4 is 29.0 Å². The summed E-state index contributed by atoms with van der Waals surface area (Å²) in [5.41, 5.74) is 3.27. The zero-order chi connectivity index (χ0) is 16.9. The number of aromatic nitrogens is 1. The molecule has 1 saturated heterocycles. The van der Waals surface area contributed by atoms with Crippen molar-refractivity contribution in [3.05, 3.63) is 66.2 Å². The molecule has 1 aliphatic rings. The third-order valence-electron chi connectivity index (χ3n) is 4.63. The van der Waals surface area contributed by atoms with E-state index in [1.54, 1.807) is 0 Å². The molecule has 1 aromatic heterocycles. The first kappa shape index (κ1) is 18.5. The summed E-state index contributed by atoms with van der Waals surface area (Å²) in [6, 6.07) is 21.0. The molecule has 0 radical (unpaired) electrons. The molecule has 2 N–H and O–H groups in total. The van der Waals surface area contributed by atoms with Crippen molar-refractivity contribution in [2.45, 2.75) is 25.5 Å². The van der Waals surface area contributed by atoms with Gasteiger partial charge in [-0.2, -0.15) is 0 Å². The van der Waals surface area contributed by atoms with Crippen LogP contribution in [0.5, 0.6) is 5.88 Å². The fourth-order valence-electron chi connectivity index (χ4n) is 3.26. The number of ether oxygens (including phenoxy) is 1. The first-order valence-electron chi connectivity index (χ1n) is 8.92. The maximum Gasteiger partial charge on any atom is 0.214 e. The predicted molar refractivity (Wildman–Crippen MR) is 109 cm³/mol. The Morgan fingerprint density at radius 3 is 2.58 bits per heavy atom. The monoisotopic (exact) mass is 369 g/mol. The lowest BCUT2D eigenvalue weighted by Gasteiger charge is -2.25. The van der Waals surface area contributed by atoms with Crippen molar-refractivity contribution in [3.63, 3.8) is 0 Å². The molecule has 5 heteroatoms. The van der Waals surface area contributed by atoms with E-state index in [1.807, 2.05) is 30.3 Å². The lowest BCUT2D eigenvalue weighted by molar-refractivity contribution is 0.295. The van der Waals surface area contributed by atoms with Crippen LogP contribution in [0.2, 0.25) is 0 Å². The van der Waals surface area contributed by atoms with E-state index in [0.717, 1.165) is 48.1 Å². The molecule has 1 aliphatic heterocycles. The summed E-state index contributed by atoms with van der Waals surface area (Å²) < 4.78 is 5.85. The standard InChI is InChI=1S/C21H23N3O.ClH/c1-2-5-16(6-3-1)15-25-21-10-9-18-19(7-4-8-20(18)24-21)23-17-11-13-22-14-12-17;/h1-10,17,22-23H,11-15H2;1H. The maximum absolute atomic E-state index is 5.85. The molecule has 0 bridgehead atoms. The number of piperidine rings is 1. The van der Waals surface area contributed by atoms with Gasteiger partial charge >= 0.3 is 0 Å². The SMILES string of the molecule is Cl.c1ccc(COc2ccc3c(NC4CCNCC4)cccc3n2)cc1. The predicted octanol–water partition coefficient (Wildman–Crippen LogP) is 4.40. The summed E-state index contributed by atoms with van der Waals surface area (Å²) in [6.45, 7) is 2.70. The summed E-state index contributed by atoms with van der Waals surface area (Å²) in [7, 11) is 0. The van der Waals surface area contributed by atoms with Gasteiger partial charge in [0.15, 0.2) is 0 Å². The van der Waals surface area contributed by atoms with Gasteiger partial charge in [0, 0.05) is 23.2 Å². The number of pyridine rings is 1. The fraction of sp³-hybridized carbons (Fsp3) is 0.286. The maximum atomic E-state index is 5.85. The third-order valence-corrected chi connectivity index (χ3v) is 4.63. The summed E-state index contributed by atoms with van der Waals surface area (Å²) in [6.07, 6.45) is 2.31. The topological polar surface area (TPSA) is 46.2 Å². The van der Waals surface area contributed by atoms with E-state index < -0.39 is 0 Å². The van der Waals surface area contributed by atoms with Gasteiger partial charge in [-0.15, -0.1) is 12.4 Å². The molecule has 4 rings (SSSR count). The molecule has 2 aromatic carbocycles. The van der Waals surface area contributed by atoms with Gasteiger partial charge in [0.05, 0.1) is 5.52 Å². The molecule has 0 saturated carbocycles. The Morgan fingerprint density at radius 1 is 0.962 bits per heavy atom. The van der Waals surface area contributed by atoms with Gasteiger partial charge in [-0.1, -0.05) is 36.4 Å². The summed E-state index contributed by atoms with van der Waals surface area (Å²) >= 11 is 0. The Labute approximate surface area is 160 Å². The van der Waals surface area contributed by atoms with Gasteiger partial charge < -0.3 is 15.4 Å². The van der Waals surface area contributed by atoms with Gasteiger partial charge in [0.25, 0.3) is 0 Å². The molecule has 3 aromatic rings. The normalized spacial score (nSPS) is 14.6. The van der Waals surface area contributed by atoms with E-state index in [2.05, 4.69) is 45.9 Å². The molecule has 136 valence electrons. The van der Waals surface area contributed by atoms with E-state index in [0.29, 0.717) is 18.5 Å². The Bertz CT molecular complexity index is 835. The second kappa shape index (κ2) is 8.88. The average Bonchev–Trinajstić information content (AvgIpc) is 2.68. The molecular weight excluding hydrogens is 346 g/mol. The number of halogens is 1. The number of rotatable bonds is 5. The van der Waals surface area contributed by atoms with Gasteiger partial charge in [0.1, 0.15) is 6.61 Å². The highest BCUT2D eigenvalue weighted by Crippen LogP contribution is 2.26. The molecule has 0 aliphatic carbocycles. The smallest absolute Gasteiger partial charge is 0.214 e. The molecule has 0 unspecified atom stereocenters. The summed E-state index contributed by atoms with van der Waals surface area (Å²) in [5.74, 6) is 0.662. The molecule has 26 heavy (non-hydrogen) atoms. The van der Waals surface area contributed by atoms with Crippen LogP contribution in [0.3, 0.4) is 0 Å². The summed E-state index contributed by atoms with van der Waals surface area (Å²) in [4.78, 5) is 4.67. The fourth-order valence-corrected chi connectivity index (χ4v) is 3.26. The van der Waals surface area contributed by atoms with E-state index in [4.69, 9.17) is 4.74 Å². The molecular formula is C21H24ClN3O. The minimum atomic E-state index is 0. The van der Waals surface area contributed by atoms with Gasteiger partial charge in [0.2, 0.25) is 5.88 Å². The Hall–Kier alpha value is -2.30. The third kappa shape index (κ3) is 4.45. The molecule has 1 fully saturated rings. The van der Waals surface area contributed by atoms with Crippen molar-refractivity contribution in [1.82, 2.24) is 10.3 Å². The quantitative estimate of drug-likeness (QED) is 0.699. The van der Waals surface area contributed by atoms with Crippen molar-refractivity contribution in [2.75, 3.05) is 18.4 Å². The molecule has 0 amide bonds. The van der Waals surface area contributed by atoms with E-state index in [-0.39, 0.29) is 12.4 Å². The Morgan fingerprint density at radius 2 is 1.77 bits per heavy atom. The van der Waals surface area contributed by atoms with Crippen LogP contribution in [0.15, 0.2) is 60.7 Å². The minimum absolute atomic E-state index is 0. The number of fused-ring (bicyclic) bond motifs is 1. The van der Waals surface area contributed by atoms with Crippen LogP contribution in [-0.4, -0.2) is 24.1 Å². The van der Waals surface area contributed by atoms with Crippen LogP contribution < -0.4 is 15.4 Å². The van der Waals surface area contributed by atoms with Crippen molar-refractivity contribution in [2.24, 2.45) is 0 Å². The minimum Gasteiger partial charge on any atom is -0.473 e. The number of hydrogen-bond donors (Lipinski definition) is 2. The number of anilines is 1. The lowest BCUT2D eigenvalue weighted by atomic mass is 10.1. The van der Waals surface area contributed by atoms with Gasteiger partial charge in [-0.3, -0.25) is 0 Å². The molecule has 0 atom stereocenters. The number of hydrogen-bond acceptors (Lipinski definition) is 4. The largest absolute Gasteiger partial charge is 0.473 e. The van der Waals surface area contributed by atoms with Crippen molar-refractivity contribution in [1.29, 1.82) is 0 Å². The molecule has 4 nitrogen and oxygen atoms in total. The zero-order valence-corrected chi connectivity index (χ0v) is 15.5. The first-order chi connectivity index (χ1) is 12.4. The van der Waals surface area contributed by atoms with Crippen LogP contribution in [0.4, 0.5) is 5.69 Å². The van der Waals surface area contributed by atoms with Crippen molar-refractivity contribution in [3.8, 4) is 5.88 Å². The highest BCUT2D eigenvalue weighted by Gasteiger charge is 2.14. The second-order valence-corrected chi connectivity index (χ2v) is 6.46. The Balaban J connectivity index is 0.00000196. The van der Waals surface area contributed by atoms with Crippen LogP contribution in [0, 0.1) is 0 Å². The number of nitrogens with one attached hydrogen (secondary N) is 2. The summed E-state index contributed by atoms with van der Waals surface area (Å²) in [5, 5.41) is 8.23. The zero-order valence-electron chi connectivity index (χ0n) is 14.7. The van der Waals surface area contributed by atoms with Crippen molar-refractivity contribution < 1.29 is 4.74 Å². The number of benzene rings is 2. The van der Waals surface area contributed by atoms with Crippen LogP contribution in [-0.2, 0) is 6.61 Å². The highest BCUT2D eigenvalue weighted by molar-refractivity contribution is 5.91. The van der Waals surface area contributed by atoms with E-state index in [9.17, 15) is 0 Å². The second-order valence-electron chi connectivity index (χ2n) is 6.46. The highest BCUT2D eigenvalue weighted by atomic mass is 35.5. The average molecular weight is 370 g/mol. The van der Waals surface area contributed by atoms with Crippen LogP contribution in [0.25, 0.3) is 10.9 Å². The van der Waals surface area contributed by atoms with E-state index >= 15 is 0 Å². The molecule has 0 spiro atoms. The lowest BCUT2D eigenvalue weighted by Crippen LogP contribution is -2.35.